The van der Waals surface area contributed by atoms with Crippen molar-refractivity contribution in [3.8, 4) is 0 Å². The molecule has 1 heterocycles. The van der Waals surface area contributed by atoms with Gasteiger partial charge in [0.15, 0.2) is 5.84 Å². The normalized spacial score (nSPS) is 15.9. The van der Waals surface area contributed by atoms with Crippen LogP contribution in [0.15, 0.2) is 33.8 Å². The molecule has 1 aromatic carbocycles. The van der Waals surface area contributed by atoms with E-state index in [4.69, 9.17) is 12.2 Å². The summed E-state index contributed by atoms with van der Waals surface area (Å²) in [6.07, 6.45) is 0. The van der Waals surface area contributed by atoms with E-state index in [9.17, 15) is 0 Å². The minimum absolute atomic E-state index is 0.584. The van der Waals surface area contributed by atoms with Gasteiger partial charge in [-0.15, -0.1) is 10.5 Å². The van der Waals surface area contributed by atoms with E-state index in [-0.39, 0.29) is 0 Å². The third-order valence-electron chi connectivity index (χ3n) is 2.15. The first kappa shape index (κ1) is 11.3. The Bertz CT molecular complexity index is 443. The van der Waals surface area contributed by atoms with E-state index in [1.54, 1.807) is 10.0 Å². The average Bonchev–Trinajstić information content (AvgIpc) is 2.26. The highest BCUT2D eigenvalue weighted by molar-refractivity contribution is 9.10. The van der Waals surface area contributed by atoms with Crippen LogP contribution in [-0.4, -0.2) is 35.1 Å². The molecule has 0 N–H and O–H groups in total. The zero-order valence-electron chi connectivity index (χ0n) is 8.88. The molecule has 1 aliphatic rings. The molecule has 0 aliphatic carbocycles. The summed E-state index contributed by atoms with van der Waals surface area (Å²) in [6.45, 7) is 0. The summed E-state index contributed by atoms with van der Waals surface area (Å²) >= 11 is 8.51. The number of hydrogen-bond acceptors (Lipinski definition) is 2. The first-order chi connectivity index (χ1) is 7.58. The van der Waals surface area contributed by atoms with Crippen LogP contribution in [0.3, 0.4) is 0 Å². The lowest BCUT2D eigenvalue weighted by molar-refractivity contribution is 0.346. The summed E-state index contributed by atoms with van der Waals surface area (Å²) in [4.78, 5) is 0. The topological polar surface area (TPSA) is 32.9 Å². The van der Waals surface area contributed by atoms with Crippen LogP contribution in [0.4, 0.5) is 0 Å². The summed E-state index contributed by atoms with van der Waals surface area (Å²) in [5.74, 6) is 0.658. The second-order valence-electron chi connectivity index (χ2n) is 3.36. The van der Waals surface area contributed by atoms with Gasteiger partial charge in [0.05, 0.1) is 0 Å². The van der Waals surface area contributed by atoms with Crippen molar-refractivity contribution < 1.29 is 0 Å². The van der Waals surface area contributed by atoms with Crippen LogP contribution >= 0.6 is 28.1 Å². The highest BCUT2D eigenvalue weighted by Crippen LogP contribution is 2.13. The summed E-state index contributed by atoms with van der Waals surface area (Å²) in [5, 5.41) is 8.16. The number of hydrogen-bond donors (Lipinski definition) is 0. The van der Waals surface area contributed by atoms with E-state index >= 15 is 0 Å². The lowest BCUT2D eigenvalue weighted by atomic mass is 10.2. The van der Waals surface area contributed by atoms with Crippen molar-refractivity contribution >= 4 is 39.1 Å². The Morgan fingerprint density at radius 3 is 2.31 bits per heavy atom. The van der Waals surface area contributed by atoms with Crippen molar-refractivity contribution in [2.45, 2.75) is 0 Å². The summed E-state index contributed by atoms with van der Waals surface area (Å²) in [5.41, 5.74) is 5.26. The van der Waals surface area contributed by atoms with Crippen LogP contribution < -0.4 is 5.43 Å². The SMILES string of the molecule is CN1[N]C(c2ccc(Br)cc2)=NN(C)C1=S. The van der Waals surface area contributed by atoms with Gasteiger partial charge in [-0.05, 0) is 36.5 Å². The molecule has 0 saturated carbocycles. The molecule has 1 radical (unpaired) electrons. The van der Waals surface area contributed by atoms with E-state index < -0.39 is 0 Å². The molecular formula is C10H10BrN4S. The monoisotopic (exact) mass is 297 g/mol. The van der Waals surface area contributed by atoms with Crippen LogP contribution in [0, 0.1) is 0 Å². The molecule has 6 heteroatoms. The highest BCUT2D eigenvalue weighted by Gasteiger charge is 2.20. The highest BCUT2D eigenvalue weighted by atomic mass is 79.9. The van der Waals surface area contributed by atoms with Crippen LogP contribution in [0.2, 0.25) is 0 Å². The lowest BCUT2D eigenvalue weighted by Gasteiger charge is -2.29. The molecule has 1 aliphatic heterocycles. The molecule has 0 aromatic heterocycles. The zero-order valence-corrected chi connectivity index (χ0v) is 11.3. The zero-order chi connectivity index (χ0) is 11.7. The predicted molar refractivity (Wildman–Crippen MR) is 70.9 cm³/mol. The molecule has 83 valence electrons. The molecule has 0 bridgehead atoms. The molecule has 0 fully saturated rings. The largest absolute Gasteiger partial charge is 0.240 e. The summed E-state index contributed by atoms with van der Waals surface area (Å²) in [7, 11) is 3.62. The summed E-state index contributed by atoms with van der Waals surface area (Å²) in [6, 6.07) is 7.84. The second-order valence-corrected chi connectivity index (χ2v) is 4.64. The maximum Gasteiger partial charge on any atom is 0.212 e. The second kappa shape index (κ2) is 4.39. The van der Waals surface area contributed by atoms with Gasteiger partial charge in [-0.1, -0.05) is 15.9 Å². The minimum atomic E-state index is 0.584. The molecule has 2 rings (SSSR count). The number of amidine groups is 1. The van der Waals surface area contributed by atoms with Crippen LogP contribution in [-0.2, 0) is 0 Å². The summed E-state index contributed by atoms with van der Waals surface area (Å²) < 4.78 is 1.03. The first-order valence-corrected chi connectivity index (χ1v) is 5.85. The number of benzene rings is 1. The van der Waals surface area contributed by atoms with E-state index in [0.29, 0.717) is 10.9 Å². The smallest absolute Gasteiger partial charge is 0.212 e. The van der Waals surface area contributed by atoms with E-state index in [1.807, 2.05) is 38.4 Å². The van der Waals surface area contributed by atoms with Crippen molar-refractivity contribution in [2.24, 2.45) is 5.10 Å². The third-order valence-corrected chi connectivity index (χ3v) is 3.20. The standard InChI is InChI=1S/C10H10BrN4S/c1-14-10(16)15(2)13-9(12-14)7-3-5-8(11)6-4-7/h3-6H,1-2H3. The molecule has 0 atom stereocenters. The molecule has 16 heavy (non-hydrogen) atoms. The maximum atomic E-state index is 5.12. The van der Waals surface area contributed by atoms with E-state index in [1.165, 1.54) is 0 Å². The van der Waals surface area contributed by atoms with Gasteiger partial charge >= 0.3 is 0 Å². The van der Waals surface area contributed by atoms with Crippen molar-refractivity contribution in [2.75, 3.05) is 14.1 Å². The molecular weight excluding hydrogens is 288 g/mol. The van der Waals surface area contributed by atoms with E-state index in [2.05, 4.69) is 26.5 Å². The Morgan fingerprint density at radius 1 is 1.12 bits per heavy atom. The number of nitrogens with zero attached hydrogens (tertiary/aromatic N) is 4. The molecule has 0 amide bonds. The van der Waals surface area contributed by atoms with Gasteiger partial charge in [0.1, 0.15) is 0 Å². The number of hydrazone groups is 1. The van der Waals surface area contributed by atoms with Gasteiger partial charge in [-0.3, -0.25) is 0 Å². The molecule has 0 saturated heterocycles. The lowest BCUT2D eigenvalue weighted by Crippen LogP contribution is -2.48. The molecule has 1 aromatic rings. The van der Waals surface area contributed by atoms with Crippen molar-refractivity contribution in [1.82, 2.24) is 15.4 Å². The van der Waals surface area contributed by atoms with Crippen LogP contribution in [0.25, 0.3) is 0 Å². The van der Waals surface area contributed by atoms with Gasteiger partial charge in [0.25, 0.3) is 0 Å². The maximum absolute atomic E-state index is 5.12. The average molecular weight is 298 g/mol. The molecule has 0 spiro atoms. The Kier molecular flexibility index (Phi) is 3.11. The fraction of sp³-hybridized carbons (Fsp3) is 0.200. The van der Waals surface area contributed by atoms with Gasteiger partial charge in [-0.2, -0.15) is 0 Å². The van der Waals surface area contributed by atoms with Crippen molar-refractivity contribution in [1.29, 1.82) is 0 Å². The van der Waals surface area contributed by atoms with Gasteiger partial charge < -0.3 is 0 Å². The Hall–Kier alpha value is -1.14. The molecule has 0 unspecified atom stereocenters. The van der Waals surface area contributed by atoms with Crippen LogP contribution in [0.1, 0.15) is 5.56 Å². The predicted octanol–water partition coefficient (Wildman–Crippen LogP) is 1.79. The Labute approximate surface area is 108 Å². The van der Waals surface area contributed by atoms with Crippen LogP contribution in [0.5, 0.6) is 0 Å². The minimum Gasteiger partial charge on any atom is -0.240 e. The molecule has 4 nitrogen and oxygen atoms in total. The van der Waals surface area contributed by atoms with Crippen molar-refractivity contribution in [3.05, 3.63) is 34.3 Å². The fourth-order valence-corrected chi connectivity index (χ4v) is 1.66. The number of halogens is 1. The number of thiocarbonyl (C=S) groups is 1. The van der Waals surface area contributed by atoms with Gasteiger partial charge in [0, 0.05) is 24.1 Å². The number of rotatable bonds is 1. The van der Waals surface area contributed by atoms with Gasteiger partial charge in [-0.25, -0.2) is 10.0 Å². The third kappa shape index (κ3) is 2.17. The van der Waals surface area contributed by atoms with Gasteiger partial charge in [0.2, 0.25) is 5.11 Å². The Balaban J connectivity index is 2.31. The van der Waals surface area contributed by atoms with Crippen molar-refractivity contribution in [3.63, 3.8) is 0 Å². The Morgan fingerprint density at radius 2 is 1.75 bits per heavy atom. The van der Waals surface area contributed by atoms with E-state index in [0.717, 1.165) is 10.0 Å². The first-order valence-electron chi connectivity index (χ1n) is 4.65. The quantitative estimate of drug-likeness (QED) is 0.741. The fourth-order valence-electron chi connectivity index (χ4n) is 1.31.